The number of amides is 1. The topological polar surface area (TPSA) is 144 Å². The van der Waals surface area contributed by atoms with Gasteiger partial charge in [0.15, 0.2) is 0 Å². The van der Waals surface area contributed by atoms with Gasteiger partial charge in [-0.1, -0.05) is 68.5 Å². The molecule has 0 bridgehead atoms. The standard InChI is InChI=1S/C25H29N3O2.C17H14N2O3/c1-17-8-9-22(25-28-27-18(2)30-25)16-23(17)20-10-12-21(13-11-20)24(29)26-15-14-19-6-4-3-5-7-19;1-10-3-4-14(16-19-18-11(2)22-16)9-15(10)12-5-7-13(8-6-12)17(20)21/h8-13,16,19H,3-7,14-15H2,1-2H3,(H,26,29);3-9H,1-2H3,(H,20,21). The Labute approximate surface area is 303 Å². The highest BCUT2D eigenvalue weighted by Crippen LogP contribution is 2.31. The van der Waals surface area contributed by atoms with E-state index in [-0.39, 0.29) is 11.5 Å². The number of aryl methyl sites for hydroxylation is 4. The van der Waals surface area contributed by atoms with Gasteiger partial charge in [0.1, 0.15) is 0 Å². The van der Waals surface area contributed by atoms with Crippen LogP contribution in [0.4, 0.5) is 0 Å². The highest BCUT2D eigenvalue weighted by molar-refractivity contribution is 5.94. The van der Waals surface area contributed by atoms with Gasteiger partial charge in [0.25, 0.3) is 5.91 Å². The molecule has 0 unspecified atom stereocenters. The molecule has 0 spiro atoms. The number of hydrogen-bond acceptors (Lipinski definition) is 8. The van der Waals surface area contributed by atoms with Crippen molar-refractivity contribution in [3.05, 3.63) is 119 Å². The average Bonchev–Trinajstić information content (AvgIpc) is 3.81. The molecular weight excluding hydrogens is 654 g/mol. The lowest BCUT2D eigenvalue weighted by Crippen LogP contribution is -2.26. The Morgan fingerprint density at radius 3 is 1.54 bits per heavy atom. The van der Waals surface area contributed by atoms with Gasteiger partial charge in [-0.25, -0.2) is 4.79 Å². The van der Waals surface area contributed by atoms with E-state index < -0.39 is 5.97 Å². The van der Waals surface area contributed by atoms with Crippen LogP contribution >= 0.6 is 0 Å². The van der Waals surface area contributed by atoms with Crippen LogP contribution in [0, 0.1) is 33.6 Å². The van der Waals surface area contributed by atoms with E-state index >= 15 is 0 Å². The van der Waals surface area contributed by atoms with E-state index in [0.717, 1.165) is 63.4 Å². The van der Waals surface area contributed by atoms with Crippen LogP contribution < -0.4 is 5.32 Å². The van der Waals surface area contributed by atoms with Crippen molar-refractivity contribution in [2.75, 3.05) is 6.54 Å². The Bertz CT molecular complexity index is 2140. The second-order valence-corrected chi connectivity index (χ2v) is 13.3. The summed E-state index contributed by atoms with van der Waals surface area (Å²) >= 11 is 0. The molecule has 10 nitrogen and oxygen atoms in total. The van der Waals surface area contributed by atoms with Crippen molar-refractivity contribution in [3.8, 4) is 45.2 Å². The van der Waals surface area contributed by atoms with Crippen LogP contribution in [0.15, 0.2) is 93.8 Å². The summed E-state index contributed by atoms with van der Waals surface area (Å²) in [5.41, 5.74) is 9.03. The van der Waals surface area contributed by atoms with Gasteiger partial charge in [0.2, 0.25) is 23.6 Å². The van der Waals surface area contributed by atoms with Crippen LogP contribution in [0.3, 0.4) is 0 Å². The first-order valence-electron chi connectivity index (χ1n) is 17.7. The first-order chi connectivity index (χ1) is 25.1. The molecule has 4 aromatic carbocycles. The number of nitrogens with zero attached hydrogens (tertiary/aromatic N) is 4. The van der Waals surface area contributed by atoms with Crippen LogP contribution in [0.2, 0.25) is 0 Å². The minimum Gasteiger partial charge on any atom is -0.478 e. The molecule has 1 amide bonds. The Hall–Kier alpha value is -5.90. The number of nitrogens with one attached hydrogen (secondary N) is 1. The van der Waals surface area contributed by atoms with Crippen LogP contribution in [-0.4, -0.2) is 43.9 Å². The summed E-state index contributed by atoms with van der Waals surface area (Å²) in [6.07, 6.45) is 7.76. The number of carboxylic acid groups (broad SMARTS) is 1. The molecular formula is C42H43N5O5. The smallest absolute Gasteiger partial charge is 0.335 e. The third kappa shape index (κ3) is 8.87. The van der Waals surface area contributed by atoms with Crippen molar-refractivity contribution in [2.45, 2.75) is 66.2 Å². The summed E-state index contributed by atoms with van der Waals surface area (Å²) < 4.78 is 11.0. The number of hydrogen-bond donors (Lipinski definition) is 2. The van der Waals surface area contributed by atoms with Crippen LogP contribution in [0.1, 0.15) is 82.1 Å². The third-order valence-corrected chi connectivity index (χ3v) is 9.48. The molecule has 0 atom stereocenters. The molecule has 0 aliphatic heterocycles. The summed E-state index contributed by atoms with van der Waals surface area (Å²) in [5, 5.41) is 27.9. The van der Waals surface area contributed by atoms with Crippen LogP contribution in [-0.2, 0) is 0 Å². The zero-order chi connectivity index (χ0) is 36.6. The second-order valence-electron chi connectivity index (χ2n) is 13.3. The fourth-order valence-electron chi connectivity index (χ4n) is 6.52. The highest BCUT2D eigenvalue weighted by Gasteiger charge is 2.15. The minimum atomic E-state index is -0.932. The molecule has 0 radical (unpaired) electrons. The number of carboxylic acids is 1. The summed E-state index contributed by atoms with van der Waals surface area (Å²) in [6.45, 7) is 8.37. The summed E-state index contributed by atoms with van der Waals surface area (Å²) in [5.74, 6) is 1.90. The maximum Gasteiger partial charge on any atom is 0.335 e. The fraction of sp³-hybridized carbons (Fsp3) is 0.286. The van der Waals surface area contributed by atoms with Crippen molar-refractivity contribution in [1.29, 1.82) is 0 Å². The van der Waals surface area contributed by atoms with E-state index in [9.17, 15) is 9.59 Å². The van der Waals surface area contributed by atoms with E-state index in [1.54, 1.807) is 38.1 Å². The maximum atomic E-state index is 12.5. The molecule has 2 N–H and O–H groups in total. The number of aromatic nitrogens is 4. The highest BCUT2D eigenvalue weighted by atomic mass is 16.4. The summed E-state index contributed by atoms with van der Waals surface area (Å²) in [7, 11) is 0. The lowest BCUT2D eigenvalue weighted by molar-refractivity contribution is 0.0696. The zero-order valence-electron chi connectivity index (χ0n) is 30.0. The van der Waals surface area contributed by atoms with Gasteiger partial charge in [-0.3, -0.25) is 4.79 Å². The van der Waals surface area contributed by atoms with E-state index in [1.165, 1.54) is 32.1 Å². The van der Waals surface area contributed by atoms with Crippen molar-refractivity contribution < 1.29 is 23.5 Å². The Kier molecular flexibility index (Phi) is 11.3. The molecule has 0 saturated heterocycles. The van der Waals surface area contributed by atoms with Gasteiger partial charge in [-0.15, -0.1) is 20.4 Å². The van der Waals surface area contributed by atoms with Gasteiger partial charge in [0.05, 0.1) is 5.56 Å². The molecule has 1 fully saturated rings. The number of rotatable bonds is 9. The Morgan fingerprint density at radius 2 is 1.10 bits per heavy atom. The molecule has 52 heavy (non-hydrogen) atoms. The van der Waals surface area contributed by atoms with Crippen molar-refractivity contribution in [3.63, 3.8) is 0 Å². The Balaban J connectivity index is 0.000000187. The number of benzene rings is 4. The molecule has 6 aromatic rings. The van der Waals surface area contributed by atoms with Gasteiger partial charge < -0.3 is 19.3 Å². The normalized spacial score (nSPS) is 12.9. The van der Waals surface area contributed by atoms with Crippen molar-refractivity contribution >= 4 is 11.9 Å². The predicted molar refractivity (Wildman–Crippen MR) is 200 cm³/mol. The molecule has 266 valence electrons. The minimum absolute atomic E-state index is 0.00386. The Morgan fingerprint density at radius 1 is 0.635 bits per heavy atom. The number of carbonyl (C=O) groups is 2. The van der Waals surface area contributed by atoms with Crippen molar-refractivity contribution in [1.82, 2.24) is 25.7 Å². The van der Waals surface area contributed by atoms with E-state index in [2.05, 4.69) is 44.8 Å². The molecule has 1 saturated carbocycles. The van der Waals surface area contributed by atoms with Gasteiger partial charge in [-0.05, 0) is 108 Å². The van der Waals surface area contributed by atoms with Crippen LogP contribution in [0.25, 0.3) is 45.2 Å². The second kappa shape index (κ2) is 16.4. The average molecular weight is 698 g/mol. The number of carbonyl (C=O) groups excluding carboxylic acids is 1. The third-order valence-electron chi connectivity index (χ3n) is 9.48. The molecule has 1 aliphatic rings. The van der Waals surface area contributed by atoms with Crippen LogP contribution in [0.5, 0.6) is 0 Å². The molecule has 2 aromatic heterocycles. The lowest BCUT2D eigenvalue weighted by atomic mass is 9.87. The molecule has 2 heterocycles. The van der Waals surface area contributed by atoms with E-state index in [0.29, 0.717) is 29.1 Å². The van der Waals surface area contributed by atoms with Gasteiger partial charge >= 0.3 is 5.97 Å². The monoisotopic (exact) mass is 697 g/mol. The maximum absolute atomic E-state index is 12.5. The first-order valence-corrected chi connectivity index (χ1v) is 17.7. The number of aromatic carboxylic acids is 1. The quantitative estimate of drug-likeness (QED) is 0.151. The zero-order valence-corrected chi connectivity index (χ0v) is 30.0. The summed E-state index contributed by atoms with van der Waals surface area (Å²) in [6, 6.07) is 26.6. The molecule has 7 rings (SSSR count). The van der Waals surface area contributed by atoms with Gasteiger partial charge in [-0.2, -0.15) is 0 Å². The SMILES string of the molecule is Cc1nnc(-c2ccc(C)c(-c3ccc(C(=O)NCCC4CCCCC4)cc3)c2)o1.Cc1nnc(-c2ccc(C)c(-c3ccc(C(=O)O)cc3)c2)o1. The summed E-state index contributed by atoms with van der Waals surface area (Å²) in [4.78, 5) is 23.4. The first kappa shape index (κ1) is 35.9. The van der Waals surface area contributed by atoms with Crippen molar-refractivity contribution in [2.24, 2.45) is 5.92 Å². The van der Waals surface area contributed by atoms with E-state index in [4.69, 9.17) is 13.9 Å². The lowest BCUT2D eigenvalue weighted by Gasteiger charge is -2.21. The van der Waals surface area contributed by atoms with Gasteiger partial charge in [0, 0.05) is 37.1 Å². The predicted octanol–water partition coefficient (Wildman–Crippen LogP) is 9.44. The fourth-order valence-corrected chi connectivity index (χ4v) is 6.52. The van der Waals surface area contributed by atoms with E-state index in [1.807, 2.05) is 55.5 Å². The molecule has 10 heteroatoms. The largest absolute Gasteiger partial charge is 0.478 e. The molecule has 1 aliphatic carbocycles.